The molecule has 244 valence electrons. The van der Waals surface area contributed by atoms with Gasteiger partial charge in [-0.2, -0.15) is 0 Å². The normalized spacial score (nSPS) is 14.3. The molecule has 3 aromatic carbocycles. The minimum Gasteiger partial charge on any atom is -0.463 e. The number of hydrogen-bond donors (Lipinski definition) is 4. The van der Waals surface area contributed by atoms with E-state index in [1.807, 2.05) is 50.2 Å². The minimum atomic E-state index is -0.618. The molecule has 8 nitrogen and oxygen atoms in total. The number of aliphatic hydroxyl groups is 1. The van der Waals surface area contributed by atoms with E-state index in [1.165, 1.54) is 0 Å². The summed E-state index contributed by atoms with van der Waals surface area (Å²) in [5.74, 6) is 0.202. The average Bonchev–Trinajstić information content (AvgIpc) is 3.00. The molecule has 1 atom stereocenters. The maximum atomic E-state index is 12.4. The monoisotopic (exact) mass is 657 g/mol. The Morgan fingerprint density at radius 3 is 2.47 bits per heavy atom. The van der Waals surface area contributed by atoms with Crippen molar-refractivity contribution in [2.24, 2.45) is 0 Å². The number of para-hydroxylation sites is 1. The van der Waals surface area contributed by atoms with E-state index < -0.39 is 17.9 Å². The van der Waals surface area contributed by atoms with E-state index in [0.717, 1.165) is 87.1 Å². The summed E-state index contributed by atoms with van der Waals surface area (Å²) in [5.41, 5.74) is 4.09. The molecular formula is C35H45Cl2N3O5. The molecule has 0 fully saturated rings. The summed E-state index contributed by atoms with van der Waals surface area (Å²) in [6, 6.07) is 18.3. The number of urea groups is 1. The van der Waals surface area contributed by atoms with Gasteiger partial charge in [-0.05, 0) is 86.2 Å². The second kappa shape index (κ2) is 17.7. The first kappa shape index (κ1) is 35.0. The zero-order chi connectivity index (χ0) is 32.1. The van der Waals surface area contributed by atoms with Crippen molar-refractivity contribution in [2.75, 3.05) is 36.9 Å². The maximum absolute atomic E-state index is 12.4. The number of rotatable bonds is 17. The quantitative estimate of drug-likeness (QED) is 0.109. The van der Waals surface area contributed by atoms with Gasteiger partial charge >= 0.3 is 6.03 Å². The maximum Gasteiger partial charge on any atom is 0.323 e. The first-order valence-electron chi connectivity index (χ1n) is 15.7. The lowest BCUT2D eigenvalue weighted by Crippen LogP contribution is -2.35. The highest BCUT2D eigenvalue weighted by Crippen LogP contribution is 2.33. The number of fused-ring (bicyclic) bond motifs is 1. The first-order valence-corrected chi connectivity index (χ1v) is 16.5. The number of aliphatic hydroxyl groups excluding tert-OH is 1. The molecule has 0 aliphatic carbocycles. The number of hydrogen-bond acceptors (Lipinski definition) is 6. The Hall–Kier alpha value is -2.85. The number of ether oxygens (including phenoxy) is 3. The lowest BCUT2D eigenvalue weighted by molar-refractivity contribution is -0.180. The van der Waals surface area contributed by atoms with Gasteiger partial charge in [0.2, 0.25) is 5.79 Å². The number of benzene rings is 3. The van der Waals surface area contributed by atoms with Gasteiger partial charge in [-0.1, -0.05) is 60.3 Å². The van der Waals surface area contributed by atoms with Crippen molar-refractivity contribution in [3.05, 3.63) is 87.4 Å². The zero-order valence-electron chi connectivity index (χ0n) is 26.2. The third-order valence-electron chi connectivity index (χ3n) is 7.52. The number of aryl methyl sites for hydroxylation is 1. The molecule has 4 rings (SSSR count). The molecule has 1 aliphatic rings. The SMILES string of the molecule is CC1(C)OCc2cc([C@H](O)CNCCCCCCOCCCCc3cccc(NC(=O)Nc4c(Cl)cccc4Cl)c3)ccc2O1. The van der Waals surface area contributed by atoms with Crippen LogP contribution in [0.15, 0.2) is 60.7 Å². The van der Waals surface area contributed by atoms with Gasteiger partial charge in [-0.15, -0.1) is 0 Å². The predicted molar refractivity (Wildman–Crippen MR) is 182 cm³/mol. The highest BCUT2D eigenvalue weighted by Gasteiger charge is 2.27. The molecular weight excluding hydrogens is 613 g/mol. The van der Waals surface area contributed by atoms with Crippen LogP contribution in [0.25, 0.3) is 0 Å². The lowest BCUT2D eigenvalue weighted by atomic mass is 10.0. The summed E-state index contributed by atoms with van der Waals surface area (Å²) in [6.45, 7) is 7.19. The van der Waals surface area contributed by atoms with E-state index >= 15 is 0 Å². The van der Waals surface area contributed by atoms with Crippen molar-refractivity contribution < 1.29 is 24.1 Å². The number of nitrogens with one attached hydrogen (secondary N) is 3. The summed E-state index contributed by atoms with van der Waals surface area (Å²) >= 11 is 12.3. The van der Waals surface area contributed by atoms with Crippen molar-refractivity contribution in [2.45, 2.75) is 77.3 Å². The van der Waals surface area contributed by atoms with Crippen LogP contribution < -0.4 is 20.7 Å². The van der Waals surface area contributed by atoms with E-state index in [9.17, 15) is 9.90 Å². The number of unbranched alkanes of at least 4 members (excludes halogenated alkanes) is 4. The number of anilines is 2. The summed E-state index contributed by atoms with van der Waals surface area (Å²) < 4.78 is 17.4. The third kappa shape index (κ3) is 11.8. The lowest BCUT2D eigenvalue weighted by Gasteiger charge is -2.33. The molecule has 10 heteroatoms. The second-order valence-corrected chi connectivity index (χ2v) is 12.6. The Kier molecular flexibility index (Phi) is 13.8. The van der Waals surface area contributed by atoms with Crippen LogP contribution >= 0.6 is 23.2 Å². The zero-order valence-corrected chi connectivity index (χ0v) is 27.7. The fraction of sp³-hybridized carbons (Fsp3) is 0.457. The number of halogens is 2. The van der Waals surface area contributed by atoms with Gasteiger partial charge in [0, 0.05) is 44.9 Å². The molecule has 1 aliphatic heterocycles. The van der Waals surface area contributed by atoms with Crippen LogP contribution in [0.1, 0.15) is 75.2 Å². The minimum absolute atomic E-state index is 0.383. The number of carbonyl (C=O) groups excluding carboxylic acids is 1. The molecule has 0 bridgehead atoms. The molecule has 0 saturated carbocycles. The molecule has 0 aromatic heterocycles. The second-order valence-electron chi connectivity index (χ2n) is 11.7. The molecule has 4 N–H and O–H groups in total. The fourth-order valence-corrected chi connectivity index (χ4v) is 5.55. The van der Waals surface area contributed by atoms with Crippen LogP contribution in [0.3, 0.4) is 0 Å². The first-order chi connectivity index (χ1) is 21.7. The van der Waals surface area contributed by atoms with Crippen molar-refractivity contribution >= 4 is 40.6 Å². The van der Waals surface area contributed by atoms with Crippen LogP contribution in [0, 0.1) is 0 Å². The highest BCUT2D eigenvalue weighted by molar-refractivity contribution is 6.39. The van der Waals surface area contributed by atoms with Crippen molar-refractivity contribution in [1.82, 2.24) is 5.32 Å². The summed E-state index contributed by atoms with van der Waals surface area (Å²) in [6.07, 6.45) is 6.71. The number of carbonyl (C=O) groups is 1. The molecule has 0 spiro atoms. The Morgan fingerprint density at radius 1 is 0.933 bits per heavy atom. The van der Waals surface area contributed by atoms with E-state index in [1.54, 1.807) is 18.2 Å². The van der Waals surface area contributed by atoms with Crippen LogP contribution in [0.4, 0.5) is 16.2 Å². The van der Waals surface area contributed by atoms with Crippen LogP contribution in [-0.2, 0) is 22.5 Å². The molecule has 2 amide bonds. The Labute approximate surface area is 276 Å². The molecule has 0 saturated heterocycles. The van der Waals surface area contributed by atoms with Gasteiger partial charge in [0.05, 0.1) is 28.4 Å². The van der Waals surface area contributed by atoms with E-state index in [0.29, 0.717) is 34.6 Å². The van der Waals surface area contributed by atoms with Crippen LogP contribution in [0.2, 0.25) is 10.0 Å². The van der Waals surface area contributed by atoms with Gasteiger partial charge in [-0.25, -0.2) is 4.79 Å². The third-order valence-corrected chi connectivity index (χ3v) is 8.15. The molecule has 3 aromatic rings. The van der Waals surface area contributed by atoms with E-state index in [-0.39, 0.29) is 0 Å². The van der Waals surface area contributed by atoms with Gasteiger partial charge < -0.3 is 35.3 Å². The molecule has 0 radical (unpaired) electrons. The van der Waals surface area contributed by atoms with Gasteiger partial charge in [0.1, 0.15) is 5.75 Å². The topological polar surface area (TPSA) is 101 Å². The molecule has 0 unspecified atom stereocenters. The fourth-order valence-electron chi connectivity index (χ4n) is 5.06. The Morgan fingerprint density at radius 2 is 1.67 bits per heavy atom. The van der Waals surface area contributed by atoms with Gasteiger partial charge in [0.15, 0.2) is 0 Å². The molecule has 1 heterocycles. The Balaban J connectivity index is 0.987. The van der Waals surface area contributed by atoms with Crippen LogP contribution in [0.5, 0.6) is 5.75 Å². The summed E-state index contributed by atoms with van der Waals surface area (Å²) in [4.78, 5) is 12.4. The molecule has 45 heavy (non-hydrogen) atoms. The van der Waals surface area contributed by atoms with Gasteiger partial charge in [0.25, 0.3) is 0 Å². The van der Waals surface area contributed by atoms with E-state index in [4.69, 9.17) is 37.4 Å². The predicted octanol–water partition coefficient (Wildman–Crippen LogP) is 8.51. The number of amides is 2. The summed E-state index contributed by atoms with van der Waals surface area (Å²) in [7, 11) is 0. The van der Waals surface area contributed by atoms with Gasteiger partial charge in [-0.3, -0.25) is 0 Å². The average molecular weight is 659 g/mol. The standard InChI is InChI=1S/C35H45Cl2N3O5/c1-35(2)44-24-27-22-26(16-17-32(27)45-35)31(41)23-38-18-6-3-4-7-19-43-20-8-5-11-25-12-9-13-28(21-25)39-34(42)40-33-29(36)14-10-15-30(33)37/h9-10,12-17,21-22,31,38,41H,3-8,11,18-20,23-24H2,1-2H3,(H2,39,40,42)/t31-/m1/s1. The van der Waals surface area contributed by atoms with E-state index in [2.05, 4.69) is 22.0 Å². The van der Waals surface area contributed by atoms with Crippen molar-refractivity contribution in [3.63, 3.8) is 0 Å². The van der Waals surface area contributed by atoms with Crippen molar-refractivity contribution in [1.29, 1.82) is 0 Å². The largest absolute Gasteiger partial charge is 0.463 e. The Bertz CT molecular complexity index is 1370. The summed E-state index contributed by atoms with van der Waals surface area (Å²) in [5, 5.41) is 20.2. The smallest absolute Gasteiger partial charge is 0.323 e. The van der Waals surface area contributed by atoms with Crippen molar-refractivity contribution in [3.8, 4) is 5.75 Å². The van der Waals surface area contributed by atoms with Crippen LogP contribution in [-0.4, -0.2) is 43.2 Å². The highest BCUT2D eigenvalue weighted by atomic mass is 35.5.